The Bertz CT molecular complexity index is 811. The van der Waals surface area contributed by atoms with Gasteiger partial charge < -0.3 is 0 Å². The number of rotatable bonds is 2. The molecule has 0 amide bonds. The lowest BCUT2D eigenvalue weighted by molar-refractivity contribution is 0.103. The van der Waals surface area contributed by atoms with E-state index in [1.54, 1.807) is 6.20 Å². The SMILES string of the molecule is Cc1ccc(Br)cc1C(=O)c1ccc2cccnc2c1. The summed E-state index contributed by atoms with van der Waals surface area (Å²) >= 11 is 3.41. The quantitative estimate of drug-likeness (QED) is 0.647. The van der Waals surface area contributed by atoms with Crippen LogP contribution in [0.4, 0.5) is 0 Å². The molecule has 0 bridgehead atoms. The molecule has 3 rings (SSSR count). The van der Waals surface area contributed by atoms with Gasteiger partial charge in [-0.3, -0.25) is 9.78 Å². The first-order chi connectivity index (χ1) is 9.65. The molecule has 0 saturated heterocycles. The summed E-state index contributed by atoms with van der Waals surface area (Å²) in [7, 11) is 0. The molecule has 0 saturated carbocycles. The van der Waals surface area contributed by atoms with Crippen LogP contribution in [0.3, 0.4) is 0 Å². The van der Waals surface area contributed by atoms with E-state index in [1.807, 2.05) is 55.5 Å². The molecule has 0 aliphatic rings. The summed E-state index contributed by atoms with van der Waals surface area (Å²) in [5.41, 5.74) is 3.19. The summed E-state index contributed by atoms with van der Waals surface area (Å²) in [6.45, 7) is 1.94. The van der Waals surface area contributed by atoms with Gasteiger partial charge in [0.1, 0.15) is 0 Å². The van der Waals surface area contributed by atoms with Crippen molar-refractivity contribution in [3.05, 3.63) is 75.9 Å². The van der Waals surface area contributed by atoms with Gasteiger partial charge in [0.05, 0.1) is 5.52 Å². The highest BCUT2D eigenvalue weighted by molar-refractivity contribution is 9.10. The summed E-state index contributed by atoms with van der Waals surface area (Å²) < 4.78 is 0.908. The Morgan fingerprint density at radius 1 is 1.10 bits per heavy atom. The molecule has 0 aliphatic carbocycles. The van der Waals surface area contributed by atoms with E-state index in [1.165, 1.54) is 0 Å². The van der Waals surface area contributed by atoms with Gasteiger partial charge in [0.15, 0.2) is 5.78 Å². The van der Waals surface area contributed by atoms with Crippen LogP contribution in [0.15, 0.2) is 59.2 Å². The number of hydrogen-bond acceptors (Lipinski definition) is 2. The van der Waals surface area contributed by atoms with Crippen LogP contribution < -0.4 is 0 Å². The minimum atomic E-state index is 0.0244. The van der Waals surface area contributed by atoms with Crippen molar-refractivity contribution >= 4 is 32.6 Å². The van der Waals surface area contributed by atoms with Crippen LogP contribution >= 0.6 is 15.9 Å². The third-order valence-corrected chi connectivity index (χ3v) is 3.81. The predicted octanol–water partition coefficient (Wildman–Crippen LogP) is 4.54. The van der Waals surface area contributed by atoms with Gasteiger partial charge in [-0.1, -0.05) is 40.2 Å². The maximum Gasteiger partial charge on any atom is 0.193 e. The van der Waals surface area contributed by atoms with Gasteiger partial charge in [0.2, 0.25) is 0 Å². The molecule has 2 nitrogen and oxygen atoms in total. The monoisotopic (exact) mass is 325 g/mol. The van der Waals surface area contributed by atoms with Gasteiger partial charge >= 0.3 is 0 Å². The Morgan fingerprint density at radius 3 is 2.80 bits per heavy atom. The van der Waals surface area contributed by atoms with E-state index < -0.39 is 0 Å². The number of halogens is 1. The number of benzene rings is 2. The topological polar surface area (TPSA) is 30.0 Å². The van der Waals surface area contributed by atoms with Crippen molar-refractivity contribution in [2.75, 3.05) is 0 Å². The maximum atomic E-state index is 12.6. The zero-order chi connectivity index (χ0) is 14.1. The molecule has 0 aliphatic heterocycles. The van der Waals surface area contributed by atoms with Crippen molar-refractivity contribution in [2.45, 2.75) is 6.92 Å². The summed E-state index contributed by atoms with van der Waals surface area (Å²) in [5, 5.41) is 1.04. The Labute approximate surface area is 125 Å². The predicted molar refractivity (Wildman–Crippen MR) is 84.1 cm³/mol. The van der Waals surface area contributed by atoms with Gasteiger partial charge in [0, 0.05) is 27.2 Å². The Kier molecular flexibility index (Phi) is 3.36. The van der Waals surface area contributed by atoms with Gasteiger partial charge in [-0.15, -0.1) is 0 Å². The number of carbonyl (C=O) groups excluding carboxylic acids is 1. The van der Waals surface area contributed by atoms with E-state index in [0.29, 0.717) is 5.56 Å². The summed E-state index contributed by atoms with van der Waals surface area (Å²) in [5.74, 6) is 0.0244. The standard InChI is InChI=1S/C17H12BrNO/c1-11-4-7-14(18)10-15(11)17(20)13-6-5-12-3-2-8-19-16(12)9-13/h2-10H,1H3. The first kappa shape index (κ1) is 13.0. The Balaban J connectivity index is 2.10. The number of aromatic nitrogens is 1. The van der Waals surface area contributed by atoms with Crippen molar-refractivity contribution in [1.29, 1.82) is 0 Å². The van der Waals surface area contributed by atoms with Gasteiger partial charge in [-0.25, -0.2) is 0 Å². The molecule has 0 unspecified atom stereocenters. The third-order valence-electron chi connectivity index (χ3n) is 3.31. The van der Waals surface area contributed by atoms with Crippen LogP contribution in [0, 0.1) is 6.92 Å². The lowest BCUT2D eigenvalue weighted by atomic mass is 9.98. The van der Waals surface area contributed by atoms with Crippen LogP contribution in [-0.2, 0) is 0 Å². The Morgan fingerprint density at radius 2 is 1.95 bits per heavy atom. The lowest BCUT2D eigenvalue weighted by Crippen LogP contribution is -2.03. The molecule has 0 radical (unpaired) electrons. The molecule has 20 heavy (non-hydrogen) atoms. The number of pyridine rings is 1. The normalized spacial score (nSPS) is 10.7. The van der Waals surface area contributed by atoms with Gasteiger partial charge in [-0.2, -0.15) is 0 Å². The molecule has 0 atom stereocenters. The largest absolute Gasteiger partial charge is 0.289 e. The fourth-order valence-corrected chi connectivity index (χ4v) is 2.56. The highest BCUT2D eigenvalue weighted by Gasteiger charge is 2.12. The second-order valence-electron chi connectivity index (χ2n) is 4.70. The maximum absolute atomic E-state index is 12.6. The van der Waals surface area contributed by atoms with Crippen LogP contribution in [0.25, 0.3) is 10.9 Å². The van der Waals surface area contributed by atoms with E-state index in [4.69, 9.17) is 0 Å². The molecule has 1 heterocycles. The molecular weight excluding hydrogens is 314 g/mol. The minimum absolute atomic E-state index is 0.0244. The van der Waals surface area contributed by atoms with E-state index in [-0.39, 0.29) is 5.78 Å². The fourth-order valence-electron chi connectivity index (χ4n) is 2.20. The van der Waals surface area contributed by atoms with Crippen LogP contribution in [0.2, 0.25) is 0 Å². The highest BCUT2D eigenvalue weighted by Crippen LogP contribution is 2.21. The zero-order valence-corrected chi connectivity index (χ0v) is 12.5. The molecule has 0 N–H and O–H groups in total. The van der Waals surface area contributed by atoms with Crippen molar-refractivity contribution < 1.29 is 4.79 Å². The van der Waals surface area contributed by atoms with E-state index >= 15 is 0 Å². The third kappa shape index (κ3) is 2.37. The average Bonchev–Trinajstić information content (AvgIpc) is 2.48. The second-order valence-corrected chi connectivity index (χ2v) is 5.61. The number of ketones is 1. The van der Waals surface area contributed by atoms with Gasteiger partial charge in [-0.05, 0) is 36.8 Å². The van der Waals surface area contributed by atoms with Crippen molar-refractivity contribution in [3.8, 4) is 0 Å². The van der Waals surface area contributed by atoms with Crippen molar-refractivity contribution in [3.63, 3.8) is 0 Å². The smallest absolute Gasteiger partial charge is 0.193 e. The molecule has 3 heteroatoms. The molecule has 0 spiro atoms. The number of hydrogen-bond donors (Lipinski definition) is 0. The highest BCUT2D eigenvalue weighted by atomic mass is 79.9. The molecule has 3 aromatic rings. The molecule has 0 fully saturated rings. The average molecular weight is 326 g/mol. The first-order valence-corrected chi connectivity index (χ1v) is 7.10. The summed E-state index contributed by atoms with van der Waals surface area (Å²) in [4.78, 5) is 16.9. The molecular formula is C17H12BrNO. The molecule has 98 valence electrons. The number of fused-ring (bicyclic) bond motifs is 1. The molecule has 1 aromatic heterocycles. The molecule has 2 aromatic carbocycles. The summed E-state index contributed by atoms with van der Waals surface area (Å²) in [6, 6.07) is 15.3. The van der Waals surface area contributed by atoms with E-state index in [2.05, 4.69) is 20.9 Å². The number of carbonyl (C=O) groups is 1. The van der Waals surface area contributed by atoms with Gasteiger partial charge in [0.25, 0.3) is 0 Å². The fraction of sp³-hybridized carbons (Fsp3) is 0.0588. The summed E-state index contributed by atoms with van der Waals surface area (Å²) in [6.07, 6.45) is 1.74. The van der Waals surface area contributed by atoms with Crippen LogP contribution in [0.1, 0.15) is 21.5 Å². The van der Waals surface area contributed by atoms with Crippen LogP contribution in [0.5, 0.6) is 0 Å². The lowest BCUT2D eigenvalue weighted by Gasteiger charge is -2.06. The van der Waals surface area contributed by atoms with Crippen molar-refractivity contribution in [1.82, 2.24) is 4.98 Å². The number of aryl methyl sites for hydroxylation is 1. The van der Waals surface area contributed by atoms with Crippen LogP contribution in [-0.4, -0.2) is 10.8 Å². The van der Waals surface area contributed by atoms with E-state index in [9.17, 15) is 4.79 Å². The Hall–Kier alpha value is -2.00. The second kappa shape index (κ2) is 5.17. The van der Waals surface area contributed by atoms with E-state index in [0.717, 1.165) is 26.5 Å². The van der Waals surface area contributed by atoms with Crippen molar-refractivity contribution in [2.24, 2.45) is 0 Å². The minimum Gasteiger partial charge on any atom is -0.289 e. The first-order valence-electron chi connectivity index (χ1n) is 6.31. The zero-order valence-electron chi connectivity index (χ0n) is 10.9. The number of nitrogens with zero attached hydrogens (tertiary/aromatic N) is 1.